The number of hydrogen-bond donors (Lipinski definition) is 2. The Bertz CT molecular complexity index is 989. The van der Waals surface area contributed by atoms with E-state index in [4.69, 9.17) is 19.9 Å². The standard InChI is InChI=1S/C25H38N4O5/c1-24(2)9-7-16(8-10-24)11-22(30)32-14-18-12-17(34-25(3,4)31)13-21(33-18)19-5-6-20-23(26)27-15-28-29(19)20/h5-6,15-18,21,31H,7-14H2,1-4H3,(H2,26,27,28)/t17-,18+,21-/m1/s1. The summed E-state index contributed by atoms with van der Waals surface area (Å²) in [6.07, 6.45) is 6.35. The lowest BCUT2D eigenvalue weighted by atomic mass is 9.72. The molecule has 2 fully saturated rings. The number of esters is 1. The van der Waals surface area contributed by atoms with Gasteiger partial charge < -0.3 is 25.1 Å². The zero-order valence-electron chi connectivity index (χ0n) is 20.7. The summed E-state index contributed by atoms with van der Waals surface area (Å²) in [5, 5.41) is 14.5. The van der Waals surface area contributed by atoms with Crippen LogP contribution in [0.25, 0.3) is 5.52 Å². The van der Waals surface area contributed by atoms with Crippen LogP contribution in [0.2, 0.25) is 0 Å². The van der Waals surface area contributed by atoms with Crippen molar-refractivity contribution in [3.8, 4) is 0 Å². The Balaban J connectivity index is 1.40. The first-order valence-electron chi connectivity index (χ1n) is 12.3. The van der Waals surface area contributed by atoms with Crippen LogP contribution in [0.3, 0.4) is 0 Å². The zero-order valence-corrected chi connectivity index (χ0v) is 20.7. The van der Waals surface area contributed by atoms with E-state index in [1.165, 1.54) is 6.33 Å². The topological polar surface area (TPSA) is 121 Å². The fourth-order valence-electron chi connectivity index (χ4n) is 5.13. The van der Waals surface area contributed by atoms with Gasteiger partial charge in [-0.05, 0) is 63.0 Å². The molecule has 1 saturated heterocycles. The maximum absolute atomic E-state index is 12.6. The average Bonchev–Trinajstić information content (AvgIpc) is 3.18. The molecule has 9 nitrogen and oxygen atoms in total. The highest BCUT2D eigenvalue weighted by atomic mass is 16.6. The van der Waals surface area contributed by atoms with Gasteiger partial charge in [0, 0.05) is 19.3 Å². The summed E-state index contributed by atoms with van der Waals surface area (Å²) in [5.41, 5.74) is 7.87. The number of anilines is 1. The van der Waals surface area contributed by atoms with Crippen LogP contribution in [-0.2, 0) is 19.0 Å². The van der Waals surface area contributed by atoms with Gasteiger partial charge in [-0.1, -0.05) is 13.8 Å². The highest BCUT2D eigenvalue weighted by molar-refractivity contribution is 5.69. The second kappa shape index (κ2) is 9.79. The first-order valence-corrected chi connectivity index (χ1v) is 12.3. The quantitative estimate of drug-likeness (QED) is 0.459. The minimum Gasteiger partial charge on any atom is -0.463 e. The van der Waals surface area contributed by atoms with Gasteiger partial charge in [-0.15, -0.1) is 0 Å². The van der Waals surface area contributed by atoms with E-state index in [1.807, 2.05) is 12.1 Å². The van der Waals surface area contributed by atoms with E-state index in [-0.39, 0.29) is 30.9 Å². The number of ether oxygens (including phenoxy) is 3. The Morgan fingerprint density at radius 1 is 1.29 bits per heavy atom. The maximum atomic E-state index is 12.6. The molecule has 1 aliphatic heterocycles. The molecule has 0 aromatic carbocycles. The molecule has 2 aromatic heterocycles. The monoisotopic (exact) mass is 474 g/mol. The number of nitrogens with zero attached hydrogens (tertiary/aromatic N) is 3. The molecule has 0 bridgehead atoms. The third-order valence-electron chi connectivity index (χ3n) is 7.00. The van der Waals surface area contributed by atoms with Crippen molar-refractivity contribution in [1.29, 1.82) is 0 Å². The van der Waals surface area contributed by atoms with E-state index in [2.05, 4.69) is 23.9 Å². The SMILES string of the molecule is CC1(C)CCC(CC(=O)OC[C@@H]2C[C@@H](OC(C)(C)O)C[C@H](c3ccc4c(N)ncnn34)O2)CC1. The lowest BCUT2D eigenvalue weighted by molar-refractivity contribution is -0.238. The normalized spacial score (nSPS) is 26.0. The fourth-order valence-corrected chi connectivity index (χ4v) is 5.13. The summed E-state index contributed by atoms with van der Waals surface area (Å²) < 4.78 is 19.6. The van der Waals surface area contributed by atoms with Crippen LogP contribution >= 0.6 is 0 Å². The van der Waals surface area contributed by atoms with Gasteiger partial charge in [-0.3, -0.25) is 4.79 Å². The number of nitrogens with two attached hydrogens (primary N) is 1. The lowest BCUT2D eigenvalue weighted by Crippen LogP contribution is -2.40. The van der Waals surface area contributed by atoms with E-state index in [9.17, 15) is 9.90 Å². The molecule has 34 heavy (non-hydrogen) atoms. The molecule has 3 N–H and O–H groups in total. The highest BCUT2D eigenvalue weighted by Crippen LogP contribution is 2.39. The molecule has 0 amide bonds. The van der Waals surface area contributed by atoms with Gasteiger partial charge in [0.1, 0.15) is 24.6 Å². The first-order chi connectivity index (χ1) is 16.0. The van der Waals surface area contributed by atoms with Gasteiger partial charge in [-0.2, -0.15) is 5.10 Å². The van der Waals surface area contributed by atoms with Crippen LogP contribution in [-0.4, -0.2) is 50.3 Å². The van der Waals surface area contributed by atoms with E-state index in [1.54, 1.807) is 18.4 Å². The Kier molecular flexibility index (Phi) is 7.17. The minimum atomic E-state index is -1.28. The van der Waals surface area contributed by atoms with Crippen molar-refractivity contribution in [2.45, 2.75) is 96.7 Å². The first kappa shape index (κ1) is 24.9. The smallest absolute Gasteiger partial charge is 0.306 e. The highest BCUT2D eigenvalue weighted by Gasteiger charge is 2.36. The molecular weight excluding hydrogens is 436 g/mol. The van der Waals surface area contributed by atoms with Gasteiger partial charge in [0.05, 0.1) is 17.9 Å². The minimum absolute atomic E-state index is 0.152. The van der Waals surface area contributed by atoms with Gasteiger partial charge in [0.15, 0.2) is 11.6 Å². The van der Waals surface area contributed by atoms with Crippen molar-refractivity contribution in [2.24, 2.45) is 11.3 Å². The number of aromatic nitrogens is 3. The number of fused-ring (bicyclic) bond motifs is 1. The van der Waals surface area contributed by atoms with Gasteiger partial charge in [0.25, 0.3) is 0 Å². The lowest BCUT2D eigenvalue weighted by Gasteiger charge is -2.37. The molecule has 9 heteroatoms. The largest absolute Gasteiger partial charge is 0.463 e. The number of rotatable bonds is 7. The molecule has 0 unspecified atom stereocenters. The van der Waals surface area contributed by atoms with Gasteiger partial charge >= 0.3 is 5.97 Å². The Labute approximate surface area is 201 Å². The molecule has 1 aliphatic carbocycles. The van der Waals surface area contributed by atoms with Crippen LogP contribution in [0, 0.1) is 11.3 Å². The number of carbonyl (C=O) groups is 1. The summed E-state index contributed by atoms with van der Waals surface area (Å²) in [6.45, 7) is 7.95. The van der Waals surface area contributed by atoms with Crippen LogP contribution < -0.4 is 5.73 Å². The molecule has 0 radical (unpaired) electrons. The van der Waals surface area contributed by atoms with Crippen molar-refractivity contribution >= 4 is 17.3 Å². The van der Waals surface area contributed by atoms with Crippen molar-refractivity contribution in [3.63, 3.8) is 0 Å². The van der Waals surface area contributed by atoms with Crippen LogP contribution in [0.15, 0.2) is 18.5 Å². The van der Waals surface area contributed by atoms with Crippen molar-refractivity contribution < 1.29 is 24.1 Å². The summed E-state index contributed by atoms with van der Waals surface area (Å²) >= 11 is 0. The number of hydrogen-bond acceptors (Lipinski definition) is 8. The molecule has 3 atom stereocenters. The summed E-state index contributed by atoms with van der Waals surface area (Å²) in [7, 11) is 0. The van der Waals surface area contributed by atoms with Crippen LogP contribution in [0.5, 0.6) is 0 Å². The molecule has 4 rings (SSSR count). The van der Waals surface area contributed by atoms with E-state index in [0.717, 1.165) is 31.4 Å². The second-order valence-electron chi connectivity index (χ2n) is 11.1. The molecule has 3 heterocycles. The Hall–Kier alpha value is -2.23. The van der Waals surface area contributed by atoms with Crippen molar-refractivity contribution in [3.05, 3.63) is 24.2 Å². The fraction of sp³-hybridized carbons (Fsp3) is 0.720. The van der Waals surface area contributed by atoms with Crippen molar-refractivity contribution in [1.82, 2.24) is 14.6 Å². The van der Waals surface area contributed by atoms with Crippen molar-refractivity contribution in [2.75, 3.05) is 12.3 Å². The zero-order chi connectivity index (χ0) is 24.5. The van der Waals surface area contributed by atoms with Crippen LogP contribution in [0.1, 0.15) is 84.4 Å². The Morgan fingerprint density at radius 3 is 2.74 bits per heavy atom. The third-order valence-corrected chi connectivity index (χ3v) is 7.00. The molecule has 1 saturated carbocycles. The predicted molar refractivity (Wildman–Crippen MR) is 127 cm³/mol. The molecule has 188 valence electrons. The van der Waals surface area contributed by atoms with Gasteiger partial charge in [0.2, 0.25) is 0 Å². The predicted octanol–water partition coefficient (Wildman–Crippen LogP) is 3.79. The summed E-state index contributed by atoms with van der Waals surface area (Å²) in [4.78, 5) is 16.6. The van der Waals surface area contributed by atoms with Crippen LogP contribution in [0.4, 0.5) is 5.82 Å². The summed E-state index contributed by atoms with van der Waals surface area (Å²) in [6, 6.07) is 3.76. The molecule has 2 aromatic rings. The molecule has 0 spiro atoms. The maximum Gasteiger partial charge on any atom is 0.306 e. The Morgan fingerprint density at radius 2 is 2.03 bits per heavy atom. The average molecular weight is 475 g/mol. The van der Waals surface area contributed by atoms with Gasteiger partial charge in [-0.25, -0.2) is 9.50 Å². The second-order valence-corrected chi connectivity index (χ2v) is 11.1. The number of nitrogen functional groups attached to an aromatic ring is 1. The third kappa shape index (κ3) is 6.25. The molecule has 2 aliphatic rings. The van der Waals surface area contributed by atoms with E-state index >= 15 is 0 Å². The number of carbonyl (C=O) groups excluding carboxylic acids is 1. The molecular formula is C25H38N4O5. The van der Waals surface area contributed by atoms with E-state index in [0.29, 0.717) is 41.9 Å². The number of aliphatic hydroxyl groups is 1. The summed E-state index contributed by atoms with van der Waals surface area (Å²) in [5.74, 6) is -0.679. The van der Waals surface area contributed by atoms with E-state index < -0.39 is 5.79 Å².